The summed E-state index contributed by atoms with van der Waals surface area (Å²) in [6, 6.07) is 0. The topological polar surface area (TPSA) is 54.9 Å². The van der Waals surface area contributed by atoms with E-state index in [2.05, 4.69) is 29.1 Å². The SMILES string of the molecule is CC1(C)CC1CNC(=O)c1cncc(Cl)n1. The Morgan fingerprint density at radius 1 is 1.62 bits per heavy atom. The third kappa shape index (κ3) is 2.50. The molecule has 1 aliphatic rings. The summed E-state index contributed by atoms with van der Waals surface area (Å²) in [7, 11) is 0. The van der Waals surface area contributed by atoms with Crippen molar-refractivity contribution in [2.75, 3.05) is 6.54 Å². The molecule has 0 saturated heterocycles. The Morgan fingerprint density at radius 2 is 2.31 bits per heavy atom. The lowest BCUT2D eigenvalue weighted by atomic mass is 10.1. The van der Waals surface area contributed by atoms with Gasteiger partial charge in [0.05, 0.1) is 12.4 Å². The molecule has 1 fully saturated rings. The lowest BCUT2D eigenvalue weighted by molar-refractivity contribution is 0.0945. The Bertz CT molecular complexity index is 419. The van der Waals surface area contributed by atoms with Crippen LogP contribution in [-0.4, -0.2) is 22.4 Å². The van der Waals surface area contributed by atoms with Gasteiger partial charge in [-0.05, 0) is 17.8 Å². The first-order valence-corrected chi connectivity index (χ1v) is 5.62. The minimum Gasteiger partial charge on any atom is -0.350 e. The van der Waals surface area contributed by atoms with E-state index in [1.165, 1.54) is 12.4 Å². The molecule has 1 heterocycles. The first-order valence-electron chi connectivity index (χ1n) is 5.25. The van der Waals surface area contributed by atoms with E-state index in [0.717, 1.165) is 6.42 Å². The number of amides is 1. The van der Waals surface area contributed by atoms with Crippen LogP contribution in [0.15, 0.2) is 12.4 Å². The van der Waals surface area contributed by atoms with Gasteiger partial charge in [0.1, 0.15) is 10.8 Å². The van der Waals surface area contributed by atoms with Crippen LogP contribution in [0.2, 0.25) is 5.15 Å². The summed E-state index contributed by atoms with van der Waals surface area (Å²) in [5, 5.41) is 3.08. The maximum absolute atomic E-state index is 11.7. The van der Waals surface area contributed by atoms with Gasteiger partial charge in [-0.1, -0.05) is 25.4 Å². The van der Waals surface area contributed by atoms with E-state index in [-0.39, 0.29) is 16.8 Å². The molecule has 2 rings (SSSR count). The van der Waals surface area contributed by atoms with Crippen LogP contribution in [0.4, 0.5) is 0 Å². The molecular formula is C11H14ClN3O. The summed E-state index contributed by atoms with van der Waals surface area (Å²) in [4.78, 5) is 19.4. The van der Waals surface area contributed by atoms with Gasteiger partial charge < -0.3 is 5.32 Å². The molecule has 1 saturated carbocycles. The standard InChI is InChI=1S/C11H14ClN3O/c1-11(2)3-7(11)4-14-10(16)8-5-13-6-9(12)15-8/h5-7H,3-4H2,1-2H3,(H,14,16). The largest absolute Gasteiger partial charge is 0.350 e. The molecular weight excluding hydrogens is 226 g/mol. The molecule has 86 valence electrons. The van der Waals surface area contributed by atoms with E-state index in [4.69, 9.17) is 11.6 Å². The minimum absolute atomic E-state index is 0.210. The van der Waals surface area contributed by atoms with Gasteiger partial charge in [0.15, 0.2) is 0 Å². The fourth-order valence-corrected chi connectivity index (χ4v) is 1.83. The van der Waals surface area contributed by atoms with Crippen molar-refractivity contribution >= 4 is 17.5 Å². The molecule has 0 aromatic carbocycles. The van der Waals surface area contributed by atoms with Crippen molar-refractivity contribution in [1.82, 2.24) is 15.3 Å². The second-order valence-corrected chi connectivity index (χ2v) is 5.21. The molecule has 4 nitrogen and oxygen atoms in total. The van der Waals surface area contributed by atoms with Crippen LogP contribution in [0, 0.1) is 11.3 Å². The van der Waals surface area contributed by atoms with Gasteiger partial charge in [-0.3, -0.25) is 9.78 Å². The summed E-state index contributed by atoms with van der Waals surface area (Å²) < 4.78 is 0. The quantitative estimate of drug-likeness (QED) is 0.877. The molecule has 1 N–H and O–H groups in total. The summed E-state index contributed by atoms with van der Waals surface area (Å²) in [5.41, 5.74) is 0.638. The van der Waals surface area contributed by atoms with Crippen molar-refractivity contribution in [3.8, 4) is 0 Å². The average Bonchev–Trinajstić information content (AvgIpc) is 2.83. The Balaban J connectivity index is 1.89. The number of halogens is 1. The molecule has 1 aliphatic carbocycles. The van der Waals surface area contributed by atoms with Crippen molar-refractivity contribution in [2.45, 2.75) is 20.3 Å². The van der Waals surface area contributed by atoms with Crippen LogP contribution in [0.1, 0.15) is 30.8 Å². The zero-order valence-corrected chi connectivity index (χ0v) is 10.1. The van der Waals surface area contributed by atoms with E-state index in [1.54, 1.807) is 0 Å². The lowest BCUT2D eigenvalue weighted by Crippen LogP contribution is -2.27. The zero-order chi connectivity index (χ0) is 11.8. The van der Waals surface area contributed by atoms with Gasteiger partial charge in [-0.25, -0.2) is 4.98 Å². The van der Waals surface area contributed by atoms with Crippen molar-refractivity contribution in [1.29, 1.82) is 0 Å². The predicted octanol–water partition coefficient (Wildman–Crippen LogP) is 1.91. The van der Waals surface area contributed by atoms with Crippen LogP contribution < -0.4 is 5.32 Å². The van der Waals surface area contributed by atoms with Crippen LogP contribution >= 0.6 is 11.6 Å². The van der Waals surface area contributed by atoms with E-state index in [9.17, 15) is 4.79 Å². The lowest BCUT2D eigenvalue weighted by Gasteiger charge is -2.05. The normalized spacial score (nSPS) is 21.6. The summed E-state index contributed by atoms with van der Waals surface area (Å²) >= 11 is 5.66. The number of hydrogen-bond donors (Lipinski definition) is 1. The number of carbonyl (C=O) groups is 1. The molecule has 1 aromatic rings. The number of hydrogen-bond acceptors (Lipinski definition) is 3. The smallest absolute Gasteiger partial charge is 0.271 e. The minimum atomic E-state index is -0.210. The molecule has 1 unspecified atom stereocenters. The molecule has 1 atom stereocenters. The molecule has 5 heteroatoms. The maximum atomic E-state index is 11.7. The third-order valence-electron chi connectivity index (χ3n) is 3.06. The van der Waals surface area contributed by atoms with Gasteiger partial charge >= 0.3 is 0 Å². The fourth-order valence-electron chi connectivity index (χ4n) is 1.68. The predicted molar refractivity (Wildman–Crippen MR) is 61.3 cm³/mol. The Hall–Kier alpha value is -1.16. The number of carbonyl (C=O) groups excluding carboxylic acids is 1. The average molecular weight is 240 g/mol. The van der Waals surface area contributed by atoms with Gasteiger partial charge in [-0.15, -0.1) is 0 Å². The molecule has 1 amide bonds. The van der Waals surface area contributed by atoms with Crippen LogP contribution in [0.3, 0.4) is 0 Å². The highest BCUT2D eigenvalue weighted by Crippen LogP contribution is 2.50. The second-order valence-electron chi connectivity index (χ2n) is 4.83. The number of rotatable bonds is 3. The highest BCUT2D eigenvalue weighted by Gasteiger charge is 2.45. The van der Waals surface area contributed by atoms with Crippen molar-refractivity contribution in [3.63, 3.8) is 0 Å². The molecule has 0 aliphatic heterocycles. The highest BCUT2D eigenvalue weighted by atomic mass is 35.5. The Morgan fingerprint density at radius 3 is 2.88 bits per heavy atom. The van der Waals surface area contributed by atoms with Crippen molar-refractivity contribution in [2.24, 2.45) is 11.3 Å². The van der Waals surface area contributed by atoms with Crippen LogP contribution in [0.5, 0.6) is 0 Å². The van der Waals surface area contributed by atoms with Gasteiger partial charge in [-0.2, -0.15) is 0 Å². The molecule has 0 bridgehead atoms. The van der Waals surface area contributed by atoms with Gasteiger partial charge in [0.2, 0.25) is 0 Å². The van der Waals surface area contributed by atoms with E-state index in [0.29, 0.717) is 17.9 Å². The fraction of sp³-hybridized carbons (Fsp3) is 0.545. The molecule has 0 spiro atoms. The molecule has 1 aromatic heterocycles. The molecule has 0 radical (unpaired) electrons. The summed E-state index contributed by atoms with van der Waals surface area (Å²) in [6.45, 7) is 5.09. The first kappa shape index (κ1) is 11.3. The zero-order valence-electron chi connectivity index (χ0n) is 9.33. The van der Waals surface area contributed by atoms with E-state index >= 15 is 0 Å². The highest BCUT2D eigenvalue weighted by molar-refractivity contribution is 6.29. The third-order valence-corrected chi connectivity index (χ3v) is 3.25. The Kier molecular flexibility index (Phi) is 2.84. The van der Waals surface area contributed by atoms with Gasteiger partial charge in [0.25, 0.3) is 5.91 Å². The van der Waals surface area contributed by atoms with E-state index < -0.39 is 0 Å². The van der Waals surface area contributed by atoms with Crippen molar-refractivity contribution in [3.05, 3.63) is 23.2 Å². The summed E-state index contributed by atoms with van der Waals surface area (Å²) in [5.74, 6) is 0.362. The Labute approximate surface area is 99.4 Å². The van der Waals surface area contributed by atoms with Crippen molar-refractivity contribution < 1.29 is 4.79 Å². The van der Waals surface area contributed by atoms with Crippen LogP contribution in [-0.2, 0) is 0 Å². The van der Waals surface area contributed by atoms with E-state index in [1.807, 2.05) is 0 Å². The van der Waals surface area contributed by atoms with Gasteiger partial charge in [0, 0.05) is 6.54 Å². The number of nitrogens with zero attached hydrogens (tertiary/aromatic N) is 2. The monoisotopic (exact) mass is 239 g/mol. The molecule has 16 heavy (non-hydrogen) atoms. The second kappa shape index (κ2) is 4.01. The number of nitrogens with one attached hydrogen (secondary N) is 1. The number of aromatic nitrogens is 2. The maximum Gasteiger partial charge on any atom is 0.271 e. The van der Waals surface area contributed by atoms with Crippen LogP contribution in [0.25, 0.3) is 0 Å². The first-order chi connectivity index (χ1) is 7.49. The summed E-state index contributed by atoms with van der Waals surface area (Å²) in [6.07, 6.45) is 3.98.